The Morgan fingerprint density at radius 2 is 1.69 bits per heavy atom. The second-order valence-corrected chi connectivity index (χ2v) is 6.94. The largest absolute Gasteiger partial charge is 0.583 e. The molecule has 6 rings (SSSR count). The average molecular weight is 401 g/mol. The Bertz CT molecular complexity index is 1340. The molecule has 0 N–H and O–H groups in total. The smallest absolute Gasteiger partial charge is 0.251 e. The number of nitrogens with zero attached hydrogens (tertiary/aromatic N) is 7. The van der Waals surface area contributed by atoms with Crippen molar-refractivity contribution in [2.24, 2.45) is 0 Å². The number of alkyl halides is 3. The van der Waals surface area contributed by atoms with Gasteiger partial charge in [-0.05, 0) is 13.0 Å². The maximum atomic E-state index is 14.1. The minimum absolute atomic E-state index is 0.231. The number of rotatable bonds is 0. The molecule has 0 radical (unpaired) electrons. The minimum Gasteiger partial charge on any atom is -0.251 e. The Hall–Kier alpha value is -3.63. The van der Waals surface area contributed by atoms with Crippen molar-refractivity contribution in [2.45, 2.75) is 19.0 Å². The zero-order valence-electron chi connectivity index (χ0n) is 14.8. The topological polar surface area (TPSA) is 56.3 Å². The van der Waals surface area contributed by atoms with Crippen LogP contribution in [0.2, 0.25) is 0 Å². The first-order valence-corrected chi connectivity index (χ1v) is 8.65. The van der Waals surface area contributed by atoms with E-state index in [-0.39, 0.29) is 5.69 Å². The van der Waals surface area contributed by atoms with Crippen molar-refractivity contribution >= 4 is 0 Å². The van der Waals surface area contributed by atoms with Crippen LogP contribution in [0.3, 0.4) is 0 Å². The van der Waals surface area contributed by atoms with E-state index < -0.39 is 23.6 Å². The van der Waals surface area contributed by atoms with Crippen LogP contribution < -0.4 is 9.13 Å². The van der Waals surface area contributed by atoms with Crippen LogP contribution in [0.25, 0.3) is 22.8 Å². The molecule has 1 unspecified atom stereocenters. The number of pyridine rings is 1. The van der Waals surface area contributed by atoms with Crippen LogP contribution in [-0.4, -0.2) is 24.5 Å². The van der Waals surface area contributed by atoms with Crippen molar-refractivity contribution in [1.29, 1.82) is 0 Å². The molecule has 4 aromatic heterocycles. The van der Waals surface area contributed by atoms with E-state index in [1.165, 1.54) is 35.4 Å². The number of hydrogen-bond acceptors (Lipinski definition) is 3. The monoisotopic (exact) mass is 401 g/mol. The van der Waals surface area contributed by atoms with Gasteiger partial charge in [-0.2, -0.15) is 23.4 Å². The van der Waals surface area contributed by atoms with Gasteiger partial charge in [0.25, 0.3) is 5.69 Å². The fourth-order valence-corrected chi connectivity index (χ4v) is 4.20. The fraction of sp³-hybridized carbons (Fsp3) is 0.167. The van der Waals surface area contributed by atoms with Gasteiger partial charge in [-0.15, -0.1) is 9.36 Å². The third-order valence-electron chi connectivity index (χ3n) is 5.25. The second-order valence-electron chi connectivity index (χ2n) is 6.94. The molecule has 0 bridgehead atoms. The molecule has 29 heavy (non-hydrogen) atoms. The molecule has 0 aromatic carbocycles. The van der Waals surface area contributed by atoms with E-state index >= 15 is 0 Å². The lowest BCUT2D eigenvalue weighted by Gasteiger charge is -2.16. The van der Waals surface area contributed by atoms with Gasteiger partial charge in [0.15, 0.2) is 23.8 Å². The highest BCUT2D eigenvalue weighted by Crippen LogP contribution is 2.40. The Morgan fingerprint density at radius 3 is 2.48 bits per heavy atom. The van der Waals surface area contributed by atoms with Crippen molar-refractivity contribution in [2.75, 3.05) is 0 Å². The third kappa shape index (κ3) is 1.80. The van der Waals surface area contributed by atoms with E-state index in [9.17, 15) is 17.6 Å². The first-order chi connectivity index (χ1) is 13.8. The van der Waals surface area contributed by atoms with Gasteiger partial charge >= 0.3 is 12.1 Å². The standard InChI is InChI=1S/C18H11F4N7/c1-10-6-13-12-7-11(19)2-4-26(12)18(28(13)24-10)27-5-3-23-9-15(27)14-8-16(17(20,21)22)25-29(14)18/h2-9H,1H3/q+2. The summed E-state index contributed by atoms with van der Waals surface area (Å²) in [6, 6.07) is 5.32. The van der Waals surface area contributed by atoms with Crippen molar-refractivity contribution in [3.63, 3.8) is 0 Å². The molecule has 4 aromatic rings. The lowest BCUT2D eigenvalue weighted by Crippen LogP contribution is -2.77. The van der Waals surface area contributed by atoms with Gasteiger partial charge in [-0.3, -0.25) is 4.98 Å². The number of aromatic nitrogens is 7. The summed E-state index contributed by atoms with van der Waals surface area (Å²) >= 11 is 0. The molecule has 0 fully saturated rings. The highest BCUT2D eigenvalue weighted by atomic mass is 19.4. The van der Waals surface area contributed by atoms with E-state index in [1.807, 2.05) is 0 Å². The summed E-state index contributed by atoms with van der Waals surface area (Å²) < 4.78 is 60.7. The molecule has 6 heterocycles. The molecule has 7 nitrogen and oxygen atoms in total. The quantitative estimate of drug-likeness (QED) is 0.288. The van der Waals surface area contributed by atoms with Crippen LogP contribution in [0.15, 0.2) is 49.1 Å². The van der Waals surface area contributed by atoms with Gasteiger partial charge in [0.2, 0.25) is 5.69 Å². The number of fused-ring (bicyclic) bond motifs is 10. The van der Waals surface area contributed by atoms with E-state index in [0.29, 0.717) is 22.8 Å². The molecule has 1 spiro atoms. The van der Waals surface area contributed by atoms with Gasteiger partial charge in [0, 0.05) is 18.2 Å². The average Bonchev–Trinajstić information content (AvgIpc) is 3.37. The zero-order chi connectivity index (χ0) is 20.1. The Labute approximate surface area is 160 Å². The summed E-state index contributed by atoms with van der Waals surface area (Å²) in [6.45, 7) is 1.76. The Kier molecular flexibility index (Phi) is 2.73. The first-order valence-electron chi connectivity index (χ1n) is 8.65. The van der Waals surface area contributed by atoms with Crippen molar-refractivity contribution in [1.82, 2.24) is 24.5 Å². The predicted octanol–water partition coefficient (Wildman–Crippen LogP) is 1.69. The number of halogens is 4. The van der Waals surface area contributed by atoms with Gasteiger partial charge in [0.05, 0.1) is 11.9 Å². The van der Waals surface area contributed by atoms with Crippen LogP contribution in [0.4, 0.5) is 17.6 Å². The summed E-state index contributed by atoms with van der Waals surface area (Å²) in [7, 11) is 0. The zero-order valence-corrected chi connectivity index (χ0v) is 14.8. The normalized spacial score (nSPS) is 18.7. The van der Waals surface area contributed by atoms with Crippen molar-refractivity contribution in [3.8, 4) is 22.8 Å². The predicted molar refractivity (Wildman–Crippen MR) is 87.4 cm³/mol. The van der Waals surface area contributed by atoms with Crippen LogP contribution in [-0.2, 0) is 12.1 Å². The minimum atomic E-state index is -4.62. The number of hydrogen-bond donors (Lipinski definition) is 0. The maximum absolute atomic E-state index is 14.1. The molecule has 2 aliphatic rings. The van der Waals surface area contributed by atoms with Gasteiger partial charge in [0.1, 0.15) is 17.7 Å². The SMILES string of the molecule is Cc1cc2n(n1)C1(n3nc(C(F)(F)F)cc3-c3cncc[n+]31)[n+]1ccc(F)cc1-2. The molecule has 1 atom stereocenters. The van der Waals surface area contributed by atoms with Crippen molar-refractivity contribution in [3.05, 3.63) is 66.3 Å². The molecule has 11 heteroatoms. The highest BCUT2D eigenvalue weighted by molar-refractivity contribution is 5.57. The Morgan fingerprint density at radius 1 is 0.966 bits per heavy atom. The number of aryl methyl sites for hydroxylation is 1. The molecule has 0 saturated heterocycles. The van der Waals surface area contributed by atoms with Crippen molar-refractivity contribution < 1.29 is 26.7 Å². The molecule has 0 amide bonds. The summed E-state index contributed by atoms with van der Waals surface area (Å²) in [5.74, 6) is -1.91. The van der Waals surface area contributed by atoms with E-state index in [1.54, 1.807) is 33.0 Å². The van der Waals surface area contributed by atoms with E-state index in [2.05, 4.69) is 15.2 Å². The van der Waals surface area contributed by atoms with Crippen LogP contribution in [0.5, 0.6) is 0 Å². The Balaban J connectivity index is 1.81. The van der Waals surface area contributed by atoms with Crippen LogP contribution in [0.1, 0.15) is 11.4 Å². The van der Waals surface area contributed by atoms with E-state index in [0.717, 1.165) is 6.07 Å². The molecular weight excluding hydrogens is 390 g/mol. The maximum Gasteiger partial charge on any atom is 0.583 e. The second kappa shape index (κ2) is 4.85. The summed E-state index contributed by atoms with van der Waals surface area (Å²) in [5, 5.41) is 8.44. The molecule has 144 valence electrons. The highest BCUT2D eigenvalue weighted by Gasteiger charge is 2.70. The first kappa shape index (κ1) is 16.3. The third-order valence-corrected chi connectivity index (χ3v) is 5.25. The van der Waals surface area contributed by atoms with E-state index in [4.69, 9.17) is 0 Å². The molecular formula is C18H11F4N7+2. The van der Waals surface area contributed by atoms with Crippen LogP contribution in [0, 0.1) is 12.7 Å². The lowest BCUT2D eigenvalue weighted by molar-refractivity contribution is -0.990. The van der Waals surface area contributed by atoms with Crippen LogP contribution >= 0.6 is 0 Å². The molecule has 0 aliphatic carbocycles. The fourth-order valence-electron chi connectivity index (χ4n) is 4.20. The molecule has 2 aliphatic heterocycles. The summed E-state index contributed by atoms with van der Waals surface area (Å²) in [4.78, 5) is 4.07. The summed E-state index contributed by atoms with van der Waals surface area (Å²) in [6.07, 6.45) is 1.50. The lowest BCUT2D eigenvalue weighted by atomic mass is 10.2. The van der Waals surface area contributed by atoms with Gasteiger partial charge in [-0.1, -0.05) is 9.13 Å². The van der Waals surface area contributed by atoms with Gasteiger partial charge in [-0.25, -0.2) is 4.39 Å². The molecule has 0 saturated carbocycles. The van der Waals surface area contributed by atoms with Gasteiger partial charge < -0.3 is 0 Å². The summed E-state index contributed by atoms with van der Waals surface area (Å²) in [5.41, 5.74) is 1.31.